The molecule has 0 fully saturated rings. The summed E-state index contributed by atoms with van der Waals surface area (Å²) in [5.74, 6) is -0.519. The van der Waals surface area contributed by atoms with Crippen LogP contribution in [0.15, 0.2) is 18.2 Å². The lowest BCUT2D eigenvalue weighted by Gasteiger charge is -2.33. The first-order chi connectivity index (χ1) is 10.2. The van der Waals surface area contributed by atoms with E-state index in [1.165, 1.54) is 12.1 Å². The molecule has 23 heavy (non-hydrogen) atoms. The van der Waals surface area contributed by atoms with Crippen molar-refractivity contribution in [3.8, 4) is 0 Å². The molecule has 0 radical (unpaired) electrons. The van der Waals surface area contributed by atoms with Crippen LogP contribution in [-0.4, -0.2) is 30.4 Å². The highest BCUT2D eigenvalue weighted by Crippen LogP contribution is 2.22. The topological polar surface area (TPSA) is 84.2 Å². The number of carbonyl (C=O) groups is 2. The van der Waals surface area contributed by atoms with Crippen molar-refractivity contribution in [2.75, 3.05) is 13.1 Å². The number of carbonyl (C=O) groups excluding carboxylic acids is 2. The van der Waals surface area contributed by atoms with Gasteiger partial charge in [0.05, 0.1) is 22.1 Å². The van der Waals surface area contributed by atoms with Crippen LogP contribution in [0, 0.1) is 5.92 Å². The van der Waals surface area contributed by atoms with Crippen LogP contribution in [0.2, 0.25) is 10.0 Å². The first-order valence-corrected chi connectivity index (χ1v) is 7.69. The summed E-state index contributed by atoms with van der Waals surface area (Å²) in [7, 11) is 0. The molecular weight excluding hydrogens is 361 g/mol. The molecule has 5 nitrogen and oxygen atoms in total. The number of rotatable bonds is 6. The molecule has 1 aromatic rings. The SMILES string of the molecule is CC(C)C(C)(CN)NC(=O)CNC(=O)c1ccc(Cl)c(Cl)c1.Cl. The number of hydrogen-bond donors (Lipinski definition) is 3. The largest absolute Gasteiger partial charge is 0.348 e. The van der Waals surface area contributed by atoms with Crippen LogP contribution in [0.1, 0.15) is 31.1 Å². The van der Waals surface area contributed by atoms with E-state index >= 15 is 0 Å². The third kappa shape index (κ3) is 6.18. The summed E-state index contributed by atoms with van der Waals surface area (Å²) >= 11 is 11.6. The molecule has 0 aromatic heterocycles. The lowest BCUT2D eigenvalue weighted by molar-refractivity contribution is -0.122. The Morgan fingerprint density at radius 1 is 1.26 bits per heavy atom. The summed E-state index contributed by atoms with van der Waals surface area (Å²) in [5, 5.41) is 6.04. The first kappa shape index (κ1) is 22.0. The van der Waals surface area contributed by atoms with E-state index in [0.29, 0.717) is 17.1 Å². The fourth-order valence-electron chi connectivity index (χ4n) is 1.69. The van der Waals surface area contributed by atoms with Gasteiger partial charge in [0.1, 0.15) is 0 Å². The molecule has 1 unspecified atom stereocenters. The maximum atomic E-state index is 12.0. The van der Waals surface area contributed by atoms with Crippen molar-refractivity contribution in [3.05, 3.63) is 33.8 Å². The molecule has 1 atom stereocenters. The normalized spacial score (nSPS) is 13.0. The van der Waals surface area contributed by atoms with Gasteiger partial charge in [-0.1, -0.05) is 37.0 Å². The summed E-state index contributed by atoms with van der Waals surface area (Å²) in [5.41, 5.74) is 5.54. The molecule has 0 saturated heterocycles. The molecule has 0 heterocycles. The zero-order chi connectivity index (χ0) is 16.9. The van der Waals surface area contributed by atoms with E-state index in [4.69, 9.17) is 28.9 Å². The summed E-state index contributed by atoms with van der Waals surface area (Å²) in [6.45, 7) is 6.00. The fourth-order valence-corrected chi connectivity index (χ4v) is 1.99. The van der Waals surface area contributed by atoms with Gasteiger partial charge in [-0.3, -0.25) is 9.59 Å². The average molecular weight is 383 g/mol. The molecule has 130 valence electrons. The molecule has 0 aliphatic carbocycles. The minimum absolute atomic E-state index is 0. The molecule has 8 heteroatoms. The zero-order valence-corrected chi connectivity index (χ0v) is 15.6. The Kier molecular flexibility index (Phi) is 8.92. The van der Waals surface area contributed by atoms with Crippen LogP contribution >= 0.6 is 35.6 Å². The number of nitrogens with one attached hydrogen (secondary N) is 2. The van der Waals surface area contributed by atoms with Gasteiger partial charge in [-0.25, -0.2) is 0 Å². The number of nitrogens with two attached hydrogens (primary N) is 1. The number of hydrogen-bond acceptors (Lipinski definition) is 3. The van der Waals surface area contributed by atoms with Crippen LogP contribution in [0.3, 0.4) is 0 Å². The Morgan fingerprint density at radius 2 is 1.87 bits per heavy atom. The van der Waals surface area contributed by atoms with E-state index in [2.05, 4.69) is 10.6 Å². The summed E-state index contributed by atoms with van der Waals surface area (Å²) in [6.07, 6.45) is 0. The third-order valence-corrected chi connectivity index (χ3v) is 4.45. The summed E-state index contributed by atoms with van der Waals surface area (Å²) in [6, 6.07) is 4.53. The lowest BCUT2D eigenvalue weighted by Crippen LogP contribution is -2.56. The average Bonchev–Trinajstić information content (AvgIpc) is 2.47. The maximum Gasteiger partial charge on any atom is 0.251 e. The van der Waals surface area contributed by atoms with Gasteiger partial charge in [0.2, 0.25) is 5.91 Å². The first-order valence-electron chi connectivity index (χ1n) is 6.94. The molecule has 2 amide bonds. The van der Waals surface area contributed by atoms with Crippen molar-refractivity contribution in [3.63, 3.8) is 0 Å². The standard InChI is InChI=1S/C15H21Cl2N3O2.ClH/c1-9(2)15(3,8-18)20-13(21)7-19-14(22)10-4-5-11(16)12(17)6-10;/h4-6,9H,7-8,18H2,1-3H3,(H,19,22)(H,20,21);1H. The molecule has 0 aliphatic heterocycles. The van der Waals surface area contributed by atoms with Gasteiger partial charge >= 0.3 is 0 Å². The van der Waals surface area contributed by atoms with Crippen LogP contribution in [0.5, 0.6) is 0 Å². The predicted octanol–water partition coefficient (Wildman–Crippen LogP) is 2.63. The molecule has 0 aliphatic rings. The molecule has 0 spiro atoms. The Hall–Kier alpha value is -1.01. The quantitative estimate of drug-likeness (QED) is 0.707. The van der Waals surface area contributed by atoms with E-state index < -0.39 is 11.4 Å². The highest BCUT2D eigenvalue weighted by molar-refractivity contribution is 6.42. The Labute approximate surface area is 152 Å². The van der Waals surface area contributed by atoms with E-state index in [1.807, 2.05) is 20.8 Å². The van der Waals surface area contributed by atoms with Gasteiger partial charge in [-0.2, -0.15) is 0 Å². The number of benzene rings is 1. The van der Waals surface area contributed by atoms with Gasteiger partial charge in [0, 0.05) is 12.1 Å². The van der Waals surface area contributed by atoms with Crippen molar-refractivity contribution in [2.45, 2.75) is 26.3 Å². The summed E-state index contributed by atoms with van der Waals surface area (Å²) < 4.78 is 0. The second-order valence-electron chi connectivity index (χ2n) is 5.64. The van der Waals surface area contributed by atoms with Gasteiger partial charge in [-0.05, 0) is 31.0 Å². The maximum absolute atomic E-state index is 12.0. The monoisotopic (exact) mass is 381 g/mol. The highest BCUT2D eigenvalue weighted by atomic mass is 35.5. The van der Waals surface area contributed by atoms with Gasteiger partial charge in [0.25, 0.3) is 5.91 Å². The Morgan fingerprint density at radius 3 is 2.35 bits per heavy atom. The Balaban J connectivity index is 0.00000484. The smallest absolute Gasteiger partial charge is 0.251 e. The molecule has 0 saturated carbocycles. The number of halogens is 3. The van der Waals surface area contributed by atoms with E-state index in [-0.39, 0.29) is 35.8 Å². The molecule has 1 rings (SSSR count). The van der Waals surface area contributed by atoms with E-state index in [0.717, 1.165) is 0 Å². The van der Waals surface area contributed by atoms with Crippen molar-refractivity contribution < 1.29 is 9.59 Å². The molecular formula is C15H22Cl3N3O2. The van der Waals surface area contributed by atoms with Crippen LogP contribution in [0.25, 0.3) is 0 Å². The minimum atomic E-state index is -0.509. The minimum Gasteiger partial charge on any atom is -0.348 e. The van der Waals surface area contributed by atoms with E-state index in [1.54, 1.807) is 6.07 Å². The summed E-state index contributed by atoms with van der Waals surface area (Å²) in [4.78, 5) is 23.9. The predicted molar refractivity (Wildman–Crippen MR) is 96.5 cm³/mol. The van der Waals surface area contributed by atoms with Crippen molar-refractivity contribution in [1.82, 2.24) is 10.6 Å². The third-order valence-electron chi connectivity index (χ3n) is 3.71. The molecule has 1 aromatic carbocycles. The Bertz CT molecular complexity index is 567. The second-order valence-corrected chi connectivity index (χ2v) is 6.45. The highest BCUT2D eigenvalue weighted by Gasteiger charge is 2.28. The zero-order valence-electron chi connectivity index (χ0n) is 13.3. The van der Waals surface area contributed by atoms with Crippen LogP contribution in [-0.2, 0) is 4.79 Å². The van der Waals surface area contributed by atoms with Crippen LogP contribution in [0.4, 0.5) is 0 Å². The molecule has 4 N–H and O–H groups in total. The second kappa shape index (κ2) is 9.33. The van der Waals surface area contributed by atoms with E-state index in [9.17, 15) is 9.59 Å². The van der Waals surface area contributed by atoms with Gasteiger partial charge in [0.15, 0.2) is 0 Å². The fraction of sp³-hybridized carbons (Fsp3) is 0.467. The van der Waals surface area contributed by atoms with Crippen molar-refractivity contribution in [2.24, 2.45) is 11.7 Å². The van der Waals surface area contributed by atoms with Crippen LogP contribution < -0.4 is 16.4 Å². The van der Waals surface area contributed by atoms with Crippen molar-refractivity contribution in [1.29, 1.82) is 0 Å². The lowest BCUT2D eigenvalue weighted by atomic mass is 9.88. The van der Waals surface area contributed by atoms with Gasteiger partial charge < -0.3 is 16.4 Å². The molecule has 0 bridgehead atoms. The van der Waals surface area contributed by atoms with Gasteiger partial charge in [-0.15, -0.1) is 12.4 Å². The van der Waals surface area contributed by atoms with Crippen molar-refractivity contribution >= 4 is 47.4 Å². The number of amides is 2.